The smallest absolute Gasteiger partial charge is 0.187 e. The molecule has 0 saturated heterocycles. The maximum absolute atomic E-state index is 12.8. The Kier molecular flexibility index (Phi) is 12.9. The maximum atomic E-state index is 12.8. The first kappa shape index (κ1) is 32.7. The molecular weight excluding hydrogens is 542 g/mol. The summed E-state index contributed by atoms with van der Waals surface area (Å²) >= 11 is 1.57. The topological polar surface area (TPSA) is 71.8 Å². The van der Waals surface area contributed by atoms with E-state index in [1.165, 1.54) is 0 Å². The summed E-state index contributed by atoms with van der Waals surface area (Å²) in [6, 6.07) is 21.8. The number of hydrogen-bond acceptors (Lipinski definition) is 7. The molecule has 2 aromatic carbocycles. The summed E-state index contributed by atoms with van der Waals surface area (Å²) in [6.45, 7) is 12.4. The summed E-state index contributed by atoms with van der Waals surface area (Å²) in [7, 11) is 3.81. The van der Waals surface area contributed by atoms with Gasteiger partial charge in [-0.25, -0.2) is 9.97 Å². The molecule has 0 radical (unpaired) electrons. The number of benzene rings is 2. The van der Waals surface area contributed by atoms with Gasteiger partial charge in [-0.15, -0.1) is 0 Å². The fourth-order valence-electron chi connectivity index (χ4n) is 4.40. The van der Waals surface area contributed by atoms with Crippen molar-refractivity contribution >= 4 is 33.6 Å². The predicted octanol–water partition coefficient (Wildman–Crippen LogP) is 8.31. The van der Waals surface area contributed by atoms with Crippen molar-refractivity contribution in [1.29, 1.82) is 0 Å². The number of methoxy groups -OCH3 is 1. The minimum atomic E-state index is 0. The lowest BCUT2D eigenvalue weighted by Gasteiger charge is -2.17. The minimum Gasteiger partial charge on any atom is -0.383 e. The van der Waals surface area contributed by atoms with Gasteiger partial charge in [-0.05, 0) is 61.5 Å². The Labute approximate surface area is 255 Å². The summed E-state index contributed by atoms with van der Waals surface area (Å²) in [6.07, 6.45) is 4.18. The van der Waals surface area contributed by atoms with Crippen LogP contribution >= 0.6 is 11.3 Å². The summed E-state index contributed by atoms with van der Waals surface area (Å²) in [4.78, 5) is 25.3. The van der Waals surface area contributed by atoms with Crippen molar-refractivity contribution in [1.82, 2.24) is 19.3 Å². The largest absolute Gasteiger partial charge is 0.383 e. The molecule has 3 aromatic heterocycles. The van der Waals surface area contributed by atoms with E-state index >= 15 is 0 Å². The monoisotopic (exact) mass is 587 g/mol. The second kappa shape index (κ2) is 16.6. The molecule has 0 unspecified atom stereocenters. The molecule has 7 nitrogen and oxygen atoms in total. The number of rotatable bonds is 11. The number of aryl methyl sites for hydroxylation is 1. The van der Waals surface area contributed by atoms with Gasteiger partial charge in [0.1, 0.15) is 5.65 Å². The first-order chi connectivity index (χ1) is 20.5. The van der Waals surface area contributed by atoms with Crippen LogP contribution in [-0.4, -0.2) is 52.4 Å². The lowest BCUT2D eigenvalue weighted by atomic mass is 9.99. The third-order valence-corrected chi connectivity index (χ3v) is 7.48. The number of nitrogens with one attached hydrogen (secondary N) is 1. The molecule has 0 aliphatic carbocycles. The van der Waals surface area contributed by atoms with Crippen LogP contribution < -0.4 is 5.32 Å². The Morgan fingerprint density at radius 3 is 2.43 bits per heavy atom. The minimum absolute atomic E-state index is 0. The lowest BCUT2D eigenvalue weighted by molar-refractivity contribution is 0.0993. The Balaban J connectivity index is 0.00000124. The highest BCUT2D eigenvalue weighted by Gasteiger charge is 2.14. The van der Waals surface area contributed by atoms with E-state index < -0.39 is 0 Å². The number of ketones is 1. The lowest BCUT2D eigenvalue weighted by Crippen LogP contribution is -2.23. The van der Waals surface area contributed by atoms with E-state index in [2.05, 4.69) is 37.7 Å². The van der Waals surface area contributed by atoms with Crippen molar-refractivity contribution in [3.05, 3.63) is 102 Å². The Hall–Kier alpha value is -3.85. The second-order valence-corrected chi connectivity index (χ2v) is 10.4. The van der Waals surface area contributed by atoms with Crippen molar-refractivity contribution in [2.24, 2.45) is 0 Å². The number of carbonyl (C=O) groups excluding carboxylic acids is 1. The van der Waals surface area contributed by atoms with Gasteiger partial charge in [0.2, 0.25) is 0 Å². The molecule has 3 heterocycles. The molecule has 0 atom stereocenters. The van der Waals surface area contributed by atoms with Crippen LogP contribution in [0, 0.1) is 6.92 Å². The Bertz CT molecular complexity index is 1550. The van der Waals surface area contributed by atoms with Crippen molar-refractivity contribution in [2.45, 2.75) is 47.6 Å². The van der Waals surface area contributed by atoms with Crippen molar-refractivity contribution in [3.63, 3.8) is 0 Å². The van der Waals surface area contributed by atoms with E-state index in [9.17, 15) is 4.79 Å². The summed E-state index contributed by atoms with van der Waals surface area (Å²) < 4.78 is 7.41. The SMILES string of the molecule is CC.CC.COCCN(C)Cc1cccc2ncc(-c3cnc(Nc4ccc(C(=O)Cc5ccccc5C)cc4)s3)n12.[HH]. The number of likely N-dealkylation sites (N-methyl/N-ethyl adjacent to an activating group) is 1. The molecular formula is C34H45N5O2S. The molecule has 1 N–H and O–H groups in total. The number of imidazole rings is 1. The van der Waals surface area contributed by atoms with Crippen molar-refractivity contribution < 1.29 is 11.0 Å². The first-order valence-electron chi connectivity index (χ1n) is 14.6. The van der Waals surface area contributed by atoms with Gasteiger partial charge in [-0.2, -0.15) is 0 Å². The number of anilines is 2. The standard InChI is InChI=1S/C30H31N5O2S.2C2H6.H2/c1-21-7-4-5-8-23(21)17-27(36)22-11-13-24(14-12-22)33-30-32-19-28(38-30)26-18-31-29-10-6-9-25(35(26)29)20-34(2)15-16-37-3;2*1-2;/h4-14,18-19H,15-17,20H2,1-3H3,(H,32,33);2*1-2H3;1H. The third-order valence-electron chi connectivity index (χ3n) is 6.55. The van der Waals surface area contributed by atoms with Gasteiger partial charge in [0.25, 0.3) is 0 Å². The van der Waals surface area contributed by atoms with Crippen LogP contribution in [0.3, 0.4) is 0 Å². The molecule has 224 valence electrons. The first-order valence-corrected chi connectivity index (χ1v) is 15.4. The van der Waals surface area contributed by atoms with Crippen molar-refractivity contribution in [3.8, 4) is 10.6 Å². The molecule has 0 saturated carbocycles. The van der Waals surface area contributed by atoms with Crippen LogP contribution in [0.15, 0.2) is 79.1 Å². The van der Waals surface area contributed by atoms with Crippen LogP contribution in [-0.2, 0) is 17.7 Å². The average Bonchev–Trinajstić information content (AvgIpc) is 3.67. The molecule has 0 aliphatic rings. The quantitative estimate of drug-likeness (QED) is 0.157. The molecule has 42 heavy (non-hydrogen) atoms. The van der Waals surface area contributed by atoms with E-state index in [1.807, 2.05) is 108 Å². The molecule has 0 amide bonds. The second-order valence-electron chi connectivity index (χ2n) is 9.34. The van der Waals surface area contributed by atoms with Crippen LogP contribution in [0.4, 0.5) is 10.8 Å². The number of thiazole rings is 1. The van der Waals surface area contributed by atoms with Crippen molar-refractivity contribution in [2.75, 3.05) is 32.6 Å². The fraction of sp³-hybridized carbons (Fsp3) is 0.324. The van der Waals surface area contributed by atoms with Gasteiger partial charge < -0.3 is 10.1 Å². The average molecular weight is 588 g/mol. The number of hydrogen-bond donors (Lipinski definition) is 1. The van der Waals surface area contributed by atoms with Crippen LogP contribution in [0.25, 0.3) is 16.2 Å². The van der Waals surface area contributed by atoms with E-state index in [1.54, 1.807) is 18.4 Å². The Morgan fingerprint density at radius 2 is 1.71 bits per heavy atom. The van der Waals surface area contributed by atoms with Crippen LogP contribution in [0.1, 0.15) is 56.3 Å². The fourth-order valence-corrected chi connectivity index (χ4v) is 5.24. The normalized spacial score (nSPS) is 10.6. The molecule has 0 fully saturated rings. The summed E-state index contributed by atoms with van der Waals surface area (Å²) in [5.74, 6) is 0.110. The zero-order valence-electron chi connectivity index (χ0n) is 25.8. The van der Waals surface area contributed by atoms with Gasteiger partial charge >= 0.3 is 0 Å². The number of ether oxygens (including phenoxy) is 1. The number of fused-ring (bicyclic) bond motifs is 1. The van der Waals surface area contributed by atoms with Gasteiger partial charge in [0.15, 0.2) is 10.9 Å². The molecule has 5 rings (SSSR count). The van der Waals surface area contributed by atoms with E-state index in [0.29, 0.717) is 18.6 Å². The van der Waals surface area contributed by atoms with Crippen LogP contribution in [0.5, 0.6) is 0 Å². The maximum Gasteiger partial charge on any atom is 0.187 e. The van der Waals surface area contributed by atoms with Gasteiger partial charge in [0.05, 0.1) is 23.4 Å². The van der Waals surface area contributed by atoms with Gasteiger partial charge in [0, 0.05) is 51.2 Å². The predicted molar refractivity (Wildman–Crippen MR) is 178 cm³/mol. The third kappa shape index (κ3) is 8.35. The highest BCUT2D eigenvalue weighted by molar-refractivity contribution is 7.18. The van der Waals surface area contributed by atoms with Crippen LogP contribution in [0.2, 0.25) is 0 Å². The number of carbonyl (C=O) groups is 1. The number of Topliss-reactive ketones (excluding diaryl/α,β-unsaturated/α-hetero) is 1. The number of nitrogens with zero attached hydrogens (tertiary/aromatic N) is 4. The highest BCUT2D eigenvalue weighted by atomic mass is 32.1. The molecule has 0 aliphatic heterocycles. The molecule has 0 spiro atoms. The highest BCUT2D eigenvalue weighted by Crippen LogP contribution is 2.32. The number of pyridine rings is 1. The van der Waals surface area contributed by atoms with Gasteiger partial charge in [-0.1, -0.05) is 69.4 Å². The van der Waals surface area contributed by atoms with E-state index in [0.717, 1.165) is 56.9 Å². The molecule has 8 heteroatoms. The van der Waals surface area contributed by atoms with Gasteiger partial charge in [-0.3, -0.25) is 14.1 Å². The van der Waals surface area contributed by atoms with E-state index in [4.69, 9.17) is 4.74 Å². The summed E-state index contributed by atoms with van der Waals surface area (Å²) in [5, 5.41) is 4.15. The summed E-state index contributed by atoms with van der Waals surface area (Å²) in [5.41, 5.74) is 6.86. The van der Waals surface area contributed by atoms with E-state index in [-0.39, 0.29) is 7.21 Å². The molecule has 5 aromatic rings. The molecule has 0 bridgehead atoms. The zero-order chi connectivity index (χ0) is 30.5. The zero-order valence-corrected chi connectivity index (χ0v) is 26.7. The Morgan fingerprint density at radius 1 is 0.976 bits per heavy atom. The number of aromatic nitrogens is 3.